The maximum Gasteiger partial charge on any atom is 0.254 e. The van der Waals surface area contributed by atoms with Crippen molar-refractivity contribution in [3.05, 3.63) is 35.1 Å². The predicted molar refractivity (Wildman–Crippen MR) is 85.1 cm³/mol. The Balaban J connectivity index is 1.57. The van der Waals surface area contributed by atoms with E-state index in [-0.39, 0.29) is 16.9 Å². The molecule has 1 aromatic carbocycles. The fourth-order valence-electron chi connectivity index (χ4n) is 2.90. The van der Waals surface area contributed by atoms with Gasteiger partial charge in [0, 0.05) is 19.1 Å². The largest absolute Gasteiger partial charge is 0.349 e. The van der Waals surface area contributed by atoms with Crippen molar-refractivity contribution in [2.45, 2.75) is 43.9 Å². The highest BCUT2D eigenvalue weighted by Gasteiger charge is 2.41. The average Bonchev–Trinajstić information content (AvgIpc) is 3.32. The first-order valence-corrected chi connectivity index (χ1v) is 9.44. The molecule has 3 rings (SSSR count). The molecular weight excluding hydrogens is 319 g/mol. The van der Waals surface area contributed by atoms with Crippen LogP contribution in [-0.4, -0.2) is 43.0 Å². The summed E-state index contributed by atoms with van der Waals surface area (Å²) in [5.74, 6) is -0.970. The molecule has 23 heavy (non-hydrogen) atoms. The van der Waals surface area contributed by atoms with Crippen LogP contribution in [0.2, 0.25) is 0 Å². The average molecular weight is 340 g/mol. The second-order valence-corrected chi connectivity index (χ2v) is 8.59. The van der Waals surface area contributed by atoms with Crippen molar-refractivity contribution >= 4 is 15.9 Å². The van der Waals surface area contributed by atoms with Gasteiger partial charge in [-0.3, -0.25) is 4.79 Å². The van der Waals surface area contributed by atoms with Gasteiger partial charge in [-0.05, 0) is 50.3 Å². The topological polar surface area (TPSA) is 66.5 Å². The van der Waals surface area contributed by atoms with E-state index >= 15 is 0 Å². The molecule has 7 heteroatoms. The molecule has 0 aromatic heterocycles. The van der Waals surface area contributed by atoms with Crippen LogP contribution >= 0.6 is 0 Å². The van der Waals surface area contributed by atoms with Crippen molar-refractivity contribution in [2.75, 3.05) is 13.1 Å². The fourth-order valence-corrected chi connectivity index (χ4v) is 4.77. The molecule has 1 aliphatic carbocycles. The summed E-state index contributed by atoms with van der Waals surface area (Å²) in [6.45, 7) is 2.60. The first kappa shape index (κ1) is 16.4. The number of rotatable bonds is 4. The Labute approximate surface area is 135 Å². The second kappa shape index (κ2) is 6.20. The summed E-state index contributed by atoms with van der Waals surface area (Å²) < 4.78 is 39.7. The lowest BCUT2D eigenvalue weighted by Gasteiger charge is -2.31. The first-order valence-electron chi connectivity index (χ1n) is 7.94. The molecule has 0 bridgehead atoms. The van der Waals surface area contributed by atoms with Crippen LogP contribution in [0.5, 0.6) is 0 Å². The molecule has 1 saturated heterocycles. The summed E-state index contributed by atoms with van der Waals surface area (Å²) in [4.78, 5) is 12.2. The molecule has 0 radical (unpaired) electrons. The van der Waals surface area contributed by atoms with Crippen LogP contribution in [0.3, 0.4) is 0 Å². The van der Waals surface area contributed by atoms with Crippen LogP contribution in [0, 0.1) is 12.7 Å². The summed E-state index contributed by atoms with van der Waals surface area (Å²) in [5, 5.41) is 2.61. The number of nitrogens with zero attached hydrogens (tertiary/aromatic N) is 1. The molecule has 1 aliphatic heterocycles. The van der Waals surface area contributed by atoms with Crippen molar-refractivity contribution in [3.63, 3.8) is 0 Å². The molecule has 1 saturated carbocycles. The van der Waals surface area contributed by atoms with Gasteiger partial charge in [0.1, 0.15) is 5.82 Å². The Morgan fingerprint density at radius 3 is 2.43 bits per heavy atom. The fraction of sp³-hybridized carbons (Fsp3) is 0.562. The number of nitrogens with one attached hydrogen (secondary N) is 1. The van der Waals surface area contributed by atoms with E-state index < -0.39 is 21.7 Å². The van der Waals surface area contributed by atoms with Crippen molar-refractivity contribution in [3.8, 4) is 0 Å². The lowest BCUT2D eigenvalue weighted by Crippen LogP contribution is -2.47. The predicted octanol–water partition coefficient (Wildman–Crippen LogP) is 1.82. The van der Waals surface area contributed by atoms with E-state index in [2.05, 4.69) is 5.32 Å². The zero-order chi connectivity index (χ0) is 16.6. The Kier molecular flexibility index (Phi) is 4.42. The smallest absolute Gasteiger partial charge is 0.254 e. The van der Waals surface area contributed by atoms with Crippen molar-refractivity contribution in [2.24, 2.45) is 0 Å². The van der Waals surface area contributed by atoms with Gasteiger partial charge >= 0.3 is 0 Å². The lowest BCUT2D eigenvalue weighted by molar-refractivity contribution is 0.0919. The summed E-state index contributed by atoms with van der Waals surface area (Å²) in [6, 6.07) is 4.39. The molecule has 126 valence electrons. The molecule has 1 aromatic rings. The van der Waals surface area contributed by atoms with Gasteiger partial charge in [-0.25, -0.2) is 17.1 Å². The lowest BCUT2D eigenvalue weighted by atomic mass is 10.1. The van der Waals surface area contributed by atoms with E-state index in [0.29, 0.717) is 25.9 Å². The molecule has 2 aliphatic rings. The van der Waals surface area contributed by atoms with Gasteiger partial charge in [0.05, 0.1) is 10.8 Å². The maximum atomic E-state index is 13.8. The number of carbonyl (C=O) groups excluding carboxylic acids is 1. The minimum absolute atomic E-state index is 0.0311. The number of hydrogen-bond donors (Lipinski definition) is 1. The summed E-state index contributed by atoms with van der Waals surface area (Å²) in [7, 11) is -3.14. The number of halogens is 1. The van der Waals surface area contributed by atoms with Crippen LogP contribution in [0.1, 0.15) is 41.6 Å². The number of sulfonamides is 1. The minimum Gasteiger partial charge on any atom is -0.349 e. The van der Waals surface area contributed by atoms with Gasteiger partial charge in [0.25, 0.3) is 5.91 Å². The second-order valence-electron chi connectivity index (χ2n) is 6.37. The van der Waals surface area contributed by atoms with E-state index in [1.54, 1.807) is 13.0 Å². The third-order valence-corrected chi connectivity index (χ3v) is 6.86. The van der Waals surface area contributed by atoms with E-state index in [0.717, 1.165) is 18.4 Å². The van der Waals surface area contributed by atoms with E-state index in [1.807, 2.05) is 0 Å². The number of amides is 1. The van der Waals surface area contributed by atoms with Gasteiger partial charge < -0.3 is 5.32 Å². The highest BCUT2D eigenvalue weighted by atomic mass is 32.2. The number of aryl methyl sites for hydroxylation is 1. The first-order chi connectivity index (χ1) is 10.9. The number of carbonyl (C=O) groups is 1. The summed E-state index contributed by atoms with van der Waals surface area (Å²) >= 11 is 0. The zero-order valence-corrected chi connectivity index (χ0v) is 13.9. The standard InChI is InChI=1S/C16H21FN2O3S/c1-11-2-5-14(15(17)10-11)16(20)18-12-6-8-19(9-7-12)23(21,22)13-3-4-13/h2,5,10,12-13H,3-4,6-9H2,1H3,(H,18,20). The SMILES string of the molecule is Cc1ccc(C(=O)NC2CCN(S(=O)(=O)C3CC3)CC2)c(F)c1. The van der Waals surface area contributed by atoms with Crippen molar-refractivity contribution < 1.29 is 17.6 Å². The number of hydrogen-bond acceptors (Lipinski definition) is 3. The van der Waals surface area contributed by atoms with Gasteiger partial charge in [0.2, 0.25) is 10.0 Å². The molecule has 1 amide bonds. The Bertz CT molecular complexity index is 708. The molecule has 1 heterocycles. The molecule has 2 fully saturated rings. The van der Waals surface area contributed by atoms with Gasteiger partial charge in [-0.15, -0.1) is 0 Å². The Morgan fingerprint density at radius 1 is 1.22 bits per heavy atom. The quantitative estimate of drug-likeness (QED) is 0.909. The van der Waals surface area contributed by atoms with E-state index in [1.165, 1.54) is 16.4 Å². The molecule has 0 spiro atoms. The van der Waals surface area contributed by atoms with Gasteiger partial charge in [-0.1, -0.05) is 6.07 Å². The summed E-state index contributed by atoms with van der Waals surface area (Å²) in [5.41, 5.74) is 0.793. The third-order valence-electron chi connectivity index (χ3n) is 4.46. The highest BCUT2D eigenvalue weighted by molar-refractivity contribution is 7.90. The van der Waals surface area contributed by atoms with Crippen molar-refractivity contribution in [1.82, 2.24) is 9.62 Å². The molecule has 5 nitrogen and oxygen atoms in total. The number of benzene rings is 1. The van der Waals surface area contributed by atoms with E-state index in [4.69, 9.17) is 0 Å². The van der Waals surface area contributed by atoms with Gasteiger partial charge in [-0.2, -0.15) is 0 Å². The summed E-state index contributed by atoms with van der Waals surface area (Å²) in [6.07, 6.45) is 2.63. The maximum absolute atomic E-state index is 13.8. The number of piperidine rings is 1. The van der Waals surface area contributed by atoms with E-state index in [9.17, 15) is 17.6 Å². The van der Waals surface area contributed by atoms with Crippen LogP contribution in [0.25, 0.3) is 0 Å². The van der Waals surface area contributed by atoms with Crippen LogP contribution in [0.4, 0.5) is 4.39 Å². The monoisotopic (exact) mass is 340 g/mol. The highest BCUT2D eigenvalue weighted by Crippen LogP contribution is 2.32. The molecular formula is C16H21FN2O3S. The van der Waals surface area contributed by atoms with Crippen LogP contribution in [0.15, 0.2) is 18.2 Å². The molecule has 0 unspecified atom stereocenters. The normalized spacial score (nSPS) is 20.4. The molecule has 0 atom stereocenters. The Morgan fingerprint density at radius 2 is 1.87 bits per heavy atom. The van der Waals surface area contributed by atoms with Gasteiger partial charge in [0.15, 0.2) is 0 Å². The van der Waals surface area contributed by atoms with Crippen LogP contribution in [-0.2, 0) is 10.0 Å². The zero-order valence-electron chi connectivity index (χ0n) is 13.1. The Hall–Kier alpha value is -1.47. The molecule has 1 N–H and O–H groups in total. The minimum atomic E-state index is -3.14. The van der Waals surface area contributed by atoms with Crippen LogP contribution < -0.4 is 5.32 Å². The third kappa shape index (κ3) is 3.55. The van der Waals surface area contributed by atoms with Crippen molar-refractivity contribution in [1.29, 1.82) is 0 Å².